The third-order valence-electron chi connectivity index (χ3n) is 4.27. The average Bonchev–Trinajstić information content (AvgIpc) is 3.25. The lowest BCUT2D eigenvalue weighted by Gasteiger charge is -2.12. The summed E-state index contributed by atoms with van der Waals surface area (Å²) in [5.74, 6) is 1.40. The lowest BCUT2D eigenvalue weighted by Crippen LogP contribution is -2.21. The molecule has 3 rings (SSSR count). The number of benzene rings is 2. The summed E-state index contributed by atoms with van der Waals surface area (Å²) in [7, 11) is 0. The lowest BCUT2D eigenvalue weighted by molar-refractivity contribution is -0.114. The molecule has 0 saturated carbocycles. The SMILES string of the molecule is C=CCOc1ccc(NCC(=O)Nc2ccc(OCC3CCCO3)cc2)cc1. The summed E-state index contributed by atoms with van der Waals surface area (Å²) in [4.78, 5) is 12.1. The zero-order valence-electron chi connectivity index (χ0n) is 15.9. The van der Waals surface area contributed by atoms with Gasteiger partial charge in [0.1, 0.15) is 24.7 Å². The highest BCUT2D eigenvalue weighted by atomic mass is 16.5. The molecule has 0 bridgehead atoms. The van der Waals surface area contributed by atoms with Gasteiger partial charge in [-0.05, 0) is 61.4 Å². The molecule has 0 aromatic heterocycles. The number of hydrogen-bond acceptors (Lipinski definition) is 5. The van der Waals surface area contributed by atoms with Crippen LogP contribution in [0, 0.1) is 0 Å². The van der Waals surface area contributed by atoms with Crippen LogP contribution in [0.2, 0.25) is 0 Å². The maximum absolute atomic E-state index is 12.1. The van der Waals surface area contributed by atoms with Crippen molar-refractivity contribution >= 4 is 17.3 Å². The number of amides is 1. The molecule has 1 unspecified atom stereocenters. The Morgan fingerprint density at radius 2 is 1.75 bits per heavy atom. The van der Waals surface area contributed by atoms with E-state index in [4.69, 9.17) is 14.2 Å². The van der Waals surface area contributed by atoms with Gasteiger partial charge in [-0.3, -0.25) is 4.79 Å². The first-order chi connectivity index (χ1) is 13.7. The van der Waals surface area contributed by atoms with Gasteiger partial charge < -0.3 is 24.8 Å². The van der Waals surface area contributed by atoms with Crippen LogP contribution in [0.3, 0.4) is 0 Å². The Morgan fingerprint density at radius 1 is 1.07 bits per heavy atom. The highest BCUT2D eigenvalue weighted by Gasteiger charge is 2.15. The van der Waals surface area contributed by atoms with Crippen LogP contribution in [0.1, 0.15) is 12.8 Å². The fourth-order valence-corrected chi connectivity index (χ4v) is 2.81. The fraction of sp³-hybridized carbons (Fsp3) is 0.318. The number of rotatable bonds is 10. The van der Waals surface area contributed by atoms with Crippen LogP contribution in [0.25, 0.3) is 0 Å². The second-order valence-corrected chi connectivity index (χ2v) is 6.50. The topological polar surface area (TPSA) is 68.8 Å². The number of nitrogens with one attached hydrogen (secondary N) is 2. The van der Waals surface area contributed by atoms with Crippen LogP contribution in [0.5, 0.6) is 11.5 Å². The fourth-order valence-electron chi connectivity index (χ4n) is 2.81. The van der Waals surface area contributed by atoms with E-state index >= 15 is 0 Å². The predicted molar refractivity (Wildman–Crippen MR) is 110 cm³/mol. The van der Waals surface area contributed by atoms with Crippen molar-refractivity contribution in [3.8, 4) is 11.5 Å². The van der Waals surface area contributed by atoms with Crippen LogP contribution in [-0.2, 0) is 9.53 Å². The Hall–Kier alpha value is -2.99. The maximum atomic E-state index is 12.1. The van der Waals surface area contributed by atoms with E-state index in [2.05, 4.69) is 17.2 Å². The Balaban J connectivity index is 1.39. The molecule has 6 heteroatoms. The molecule has 1 heterocycles. The van der Waals surface area contributed by atoms with Gasteiger partial charge in [-0.1, -0.05) is 12.7 Å². The Morgan fingerprint density at radius 3 is 2.39 bits per heavy atom. The molecule has 6 nitrogen and oxygen atoms in total. The van der Waals surface area contributed by atoms with Crippen molar-refractivity contribution in [2.24, 2.45) is 0 Å². The molecule has 0 spiro atoms. The number of ether oxygens (including phenoxy) is 3. The molecule has 1 aliphatic rings. The normalized spacial score (nSPS) is 15.6. The first-order valence-corrected chi connectivity index (χ1v) is 9.45. The van der Waals surface area contributed by atoms with E-state index in [1.807, 2.05) is 48.5 Å². The van der Waals surface area contributed by atoms with Gasteiger partial charge in [0.15, 0.2) is 0 Å². The third-order valence-corrected chi connectivity index (χ3v) is 4.27. The van der Waals surface area contributed by atoms with Gasteiger partial charge in [0, 0.05) is 18.0 Å². The predicted octanol–water partition coefficient (Wildman–Crippen LogP) is 3.86. The Bertz CT molecular complexity index is 753. The molecule has 1 amide bonds. The summed E-state index contributed by atoms with van der Waals surface area (Å²) in [6.07, 6.45) is 4.03. The highest BCUT2D eigenvalue weighted by molar-refractivity contribution is 5.93. The van der Waals surface area contributed by atoms with Gasteiger partial charge >= 0.3 is 0 Å². The number of carbonyl (C=O) groups excluding carboxylic acids is 1. The van der Waals surface area contributed by atoms with Crippen molar-refractivity contribution < 1.29 is 19.0 Å². The summed E-state index contributed by atoms with van der Waals surface area (Å²) in [5.41, 5.74) is 1.57. The van der Waals surface area contributed by atoms with Crippen molar-refractivity contribution in [3.05, 3.63) is 61.2 Å². The van der Waals surface area contributed by atoms with Gasteiger partial charge in [-0.25, -0.2) is 0 Å². The van der Waals surface area contributed by atoms with E-state index < -0.39 is 0 Å². The molecular formula is C22H26N2O4. The highest BCUT2D eigenvalue weighted by Crippen LogP contribution is 2.19. The van der Waals surface area contributed by atoms with Crippen molar-refractivity contribution in [3.63, 3.8) is 0 Å². The quantitative estimate of drug-likeness (QED) is 0.611. The molecule has 148 valence electrons. The second-order valence-electron chi connectivity index (χ2n) is 6.50. The summed E-state index contributed by atoms with van der Waals surface area (Å²) in [5, 5.41) is 5.94. The number of carbonyl (C=O) groups is 1. The molecule has 2 aromatic rings. The lowest BCUT2D eigenvalue weighted by atomic mass is 10.2. The molecule has 0 aliphatic carbocycles. The molecule has 1 fully saturated rings. The standard InChI is InChI=1S/C22H26N2O4/c1-2-13-26-19-9-5-17(6-10-19)23-15-22(25)24-18-7-11-20(12-8-18)28-16-21-4-3-14-27-21/h2,5-12,21,23H,1,3-4,13-16H2,(H,24,25). The van der Waals surface area contributed by atoms with E-state index in [1.165, 1.54) is 0 Å². The van der Waals surface area contributed by atoms with Crippen LogP contribution in [0.4, 0.5) is 11.4 Å². The van der Waals surface area contributed by atoms with E-state index in [-0.39, 0.29) is 18.6 Å². The third kappa shape index (κ3) is 6.32. The minimum absolute atomic E-state index is 0.125. The minimum Gasteiger partial charge on any atom is -0.491 e. The first kappa shape index (κ1) is 19.8. The molecular weight excluding hydrogens is 356 g/mol. The van der Waals surface area contributed by atoms with Crippen molar-refractivity contribution in [1.82, 2.24) is 0 Å². The summed E-state index contributed by atoms with van der Waals surface area (Å²) in [6, 6.07) is 14.8. The van der Waals surface area contributed by atoms with Crippen molar-refractivity contribution in [2.45, 2.75) is 18.9 Å². The van der Waals surface area contributed by atoms with E-state index in [0.29, 0.717) is 13.2 Å². The van der Waals surface area contributed by atoms with Gasteiger partial charge in [-0.15, -0.1) is 0 Å². The summed E-state index contributed by atoms with van der Waals surface area (Å²) >= 11 is 0. The Kier molecular flexibility index (Phi) is 7.32. The minimum atomic E-state index is -0.125. The number of anilines is 2. The largest absolute Gasteiger partial charge is 0.491 e. The molecule has 1 atom stereocenters. The number of hydrogen-bond donors (Lipinski definition) is 2. The molecule has 1 aliphatic heterocycles. The monoisotopic (exact) mass is 382 g/mol. The van der Waals surface area contributed by atoms with Gasteiger partial charge in [0.25, 0.3) is 0 Å². The van der Waals surface area contributed by atoms with E-state index in [9.17, 15) is 4.79 Å². The zero-order valence-corrected chi connectivity index (χ0v) is 15.9. The van der Waals surface area contributed by atoms with Crippen molar-refractivity contribution in [1.29, 1.82) is 0 Å². The summed E-state index contributed by atoms with van der Waals surface area (Å²) < 4.78 is 16.7. The van der Waals surface area contributed by atoms with Gasteiger partial charge in [0.2, 0.25) is 5.91 Å². The molecule has 1 saturated heterocycles. The first-order valence-electron chi connectivity index (χ1n) is 9.45. The maximum Gasteiger partial charge on any atom is 0.243 e. The van der Waals surface area contributed by atoms with Crippen LogP contribution >= 0.6 is 0 Å². The molecule has 2 aromatic carbocycles. The second kappa shape index (κ2) is 10.4. The van der Waals surface area contributed by atoms with Crippen LogP contribution in [-0.4, -0.2) is 38.4 Å². The van der Waals surface area contributed by atoms with E-state index in [0.717, 1.165) is 42.3 Å². The Labute approximate surface area is 165 Å². The van der Waals surface area contributed by atoms with Crippen LogP contribution < -0.4 is 20.1 Å². The van der Waals surface area contributed by atoms with Gasteiger partial charge in [-0.2, -0.15) is 0 Å². The average molecular weight is 382 g/mol. The molecule has 0 radical (unpaired) electrons. The van der Waals surface area contributed by atoms with Crippen molar-refractivity contribution in [2.75, 3.05) is 37.0 Å². The van der Waals surface area contributed by atoms with E-state index in [1.54, 1.807) is 6.08 Å². The zero-order chi connectivity index (χ0) is 19.6. The molecule has 2 N–H and O–H groups in total. The molecule has 28 heavy (non-hydrogen) atoms. The summed E-state index contributed by atoms with van der Waals surface area (Å²) in [6.45, 7) is 5.63. The van der Waals surface area contributed by atoms with Crippen LogP contribution in [0.15, 0.2) is 61.2 Å². The smallest absolute Gasteiger partial charge is 0.243 e. The van der Waals surface area contributed by atoms with Gasteiger partial charge in [0.05, 0.1) is 12.6 Å².